The van der Waals surface area contributed by atoms with Gasteiger partial charge in [0.1, 0.15) is 0 Å². The van der Waals surface area contributed by atoms with Gasteiger partial charge < -0.3 is 15.0 Å². The van der Waals surface area contributed by atoms with Gasteiger partial charge in [0.25, 0.3) is 0 Å². The number of benzene rings is 1. The number of amides is 1. The summed E-state index contributed by atoms with van der Waals surface area (Å²) >= 11 is 0. The molecule has 2 rings (SSSR count). The number of nitrogens with one attached hydrogen (secondary N) is 2. The van der Waals surface area contributed by atoms with Crippen LogP contribution in [0.4, 0.5) is 16.2 Å². The highest BCUT2D eigenvalue weighted by atomic mass is 16.5. The van der Waals surface area contributed by atoms with E-state index in [0.717, 1.165) is 37.3 Å². The predicted octanol–water partition coefficient (Wildman–Crippen LogP) is 3.11. The van der Waals surface area contributed by atoms with Crippen LogP contribution in [0, 0.1) is 0 Å². The summed E-state index contributed by atoms with van der Waals surface area (Å²) in [5.74, 6) is 0.421. The summed E-state index contributed by atoms with van der Waals surface area (Å²) in [5, 5.41) is 6.30. The van der Waals surface area contributed by atoms with Crippen LogP contribution in [-0.4, -0.2) is 44.8 Å². The Kier molecular flexibility index (Phi) is 5.44. The zero-order valence-electron chi connectivity index (χ0n) is 13.1. The van der Waals surface area contributed by atoms with Gasteiger partial charge in [0.2, 0.25) is 0 Å². The normalized spacial score (nSPS) is 16.5. The molecule has 5 nitrogen and oxygen atoms in total. The van der Waals surface area contributed by atoms with Gasteiger partial charge in [0.15, 0.2) is 0 Å². The Morgan fingerprint density at radius 1 is 1.48 bits per heavy atom. The molecule has 1 aliphatic rings. The summed E-state index contributed by atoms with van der Waals surface area (Å²) in [6, 6.07) is 5.96. The highest BCUT2D eigenvalue weighted by molar-refractivity contribution is 5.88. The fourth-order valence-electron chi connectivity index (χ4n) is 2.60. The minimum Gasteiger partial charge on any atom is -0.449 e. The van der Waals surface area contributed by atoms with Crippen LogP contribution >= 0.6 is 0 Å². The Morgan fingerprint density at radius 2 is 2.29 bits per heavy atom. The Morgan fingerprint density at radius 3 is 3.00 bits per heavy atom. The largest absolute Gasteiger partial charge is 0.449 e. The molecule has 21 heavy (non-hydrogen) atoms. The van der Waals surface area contributed by atoms with Crippen molar-refractivity contribution < 1.29 is 9.53 Å². The van der Waals surface area contributed by atoms with E-state index in [1.54, 1.807) is 0 Å². The van der Waals surface area contributed by atoms with Crippen LogP contribution < -0.4 is 10.6 Å². The molecule has 0 fully saturated rings. The van der Waals surface area contributed by atoms with E-state index in [9.17, 15) is 4.79 Å². The second-order valence-corrected chi connectivity index (χ2v) is 5.70. The second-order valence-electron chi connectivity index (χ2n) is 5.70. The molecule has 1 atom stereocenters. The summed E-state index contributed by atoms with van der Waals surface area (Å²) in [6.45, 7) is 4.38. The molecule has 0 saturated carbocycles. The molecule has 1 aliphatic heterocycles. The highest BCUT2D eigenvalue weighted by Crippen LogP contribution is 2.39. The topological polar surface area (TPSA) is 53.6 Å². The maximum atomic E-state index is 11.8. The SMILES string of the molecule is CCCOC(=O)Nc1cccc2c1C(CCN(C)C)CN2. The zero-order chi connectivity index (χ0) is 15.2. The van der Waals surface area contributed by atoms with Gasteiger partial charge in [0, 0.05) is 29.4 Å². The van der Waals surface area contributed by atoms with Gasteiger partial charge in [-0.1, -0.05) is 13.0 Å². The first-order valence-corrected chi connectivity index (χ1v) is 7.57. The lowest BCUT2D eigenvalue weighted by Crippen LogP contribution is -2.18. The monoisotopic (exact) mass is 291 g/mol. The summed E-state index contributed by atoms with van der Waals surface area (Å²) in [5.41, 5.74) is 3.18. The number of carbonyl (C=O) groups is 1. The maximum Gasteiger partial charge on any atom is 0.411 e. The third-order valence-corrected chi connectivity index (χ3v) is 3.65. The molecule has 0 aliphatic carbocycles. The quantitative estimate of drug-likeness (QED) is 0.845. The van der Waals surface area contributed by atoms with Gasteiger partial charge in [0.05, 0.1) is 6.61 Å². The van der Waals surface area contributed by atoms with Crippen molar-refractivity contribution in [2.45, 2.75) is 25.7 Å². The van der Waals surface area contributed by atoms with E-state index in [1.807, 2.05) is 19.1 Å². The smallest absolute Gasteiger partial charge is 0.411 e. The lowest BCUT2D eigenvalue weighted by atomic mass is 9.96. The maximum absolute atomic E-state index is 11.8. The van der Waals surface area contributed by atoms with Gasteiger partial charge >= 0.3 is 6.09 Å². The van der Waals surface area contributed by atoms with E-state index in [-0.39, 0.29) is 6.09 Å². The third kappa shape index (κ3) is 4.11. The first-order valence-electron chi connectivity index (χ1n) is 7.57. The second kappa shape index (κ2) is 7.31. The first-order chi connectivity index (χ1) is 10.1. The Hall–Kier alpha value is -1.75. The van der Waals surface area contributed by atoms with Gasteiger partial charge in [-0.25, -0.2) is 4.79 Å². The first kappa shape index (κ1) is 15.6. The van der Waals surface area contributed by atoms with Crippen molar-refractivity contribution in [3.05, 3.63) is 23.8 Å². The average Bonchev–Trinajstić information content (AvgIpc) is 2.87. The zero-order valence-corrected chi connectivity index (χ0v) is 13.1. The van der Waals surface area contributed by atoms with Crippen molar-refractivity contribution in [2.75, 3.05) is 44.4 Å². The van der Waals surface area contributed by atoms with E-state index in [2.05, 4.69) is 35.7 Å². The fourth-order valence-corrected chi connectivity index (χ4v) is 2.60. The molecule has 1 unspecified atom stereocenters. The van der Waals surface area contributed by atoms with Crippen molar-refractivity contribution in [1.82, 2.24) is 4.90 Å². The van der Waals surface area contributed by atoms with Crippen LogP contribution in [0.2, 0.25) is 0 Å². The number of nitrogens with zero attached hydrogens (tertiary/aromatic N) is 1. The number of hydrogen-bond donors (Lipinski definition) is 2. The summed E-state index contributed by atoms with van der Waals surface area (Å²) in [6.07, 6.45) is 1.52. The number of fused-ring (bicyclic) bond motifs is 1. The lowest BCUT2D eigenvalue weighted by Gasteiger charge is -2.17. The van der Waals surface area contributed by atoms with Crippen LogP contribution in [0.25, 0.3) is 0 Å². The van der Waals surface area contributed by atoms with E-state index < -0.39 is 0 Å². The highest BCUT2D eigenvalue weighted by Gasteiger charge is 2.25. The Labute approximate surface area is 126 Å². The summed E-state index contributed by atoms with van der Waals surface area (Å²) < 4.78 is 5.11. The number of carbonyl (C=O) groups excluding carboxylic acids is 1. The van der Waals surface area contributed by atoms with Crippen LogP contribution in [0.15, 0.2) is 18.2 Å². The number of anilines is 2. The molecule has 116 valence electrons. The lowest BCUT2D eigenvalue weighted by molar-refractivity contribution is 0.161. The van der Waals surface area contributed by atoms with Gasteiger partial charge in [-0.15, -0.1) is 0 Å². The molecule has 0 radical (unpaired) electrons. The molecule has 0 aromatic heterocycles. The van der Waals surface area contributed by atoms with E-state index >= 15 is 0 Å². The van der Waals surface area contributed by atoms with Crippen LogP contribution in [0.5, 0.6) is 0 Å². The van der Waals surface area contributed by atoms with Crippen LogP contribution in [-0.2, 0) is 4.74 Å². The molecule has 2 N–H and O–H groups in total. The molecule has 0 bridgehead atoms. The number of ether oxygens (including phenoxy) is 1. The third-order valence-electron chi connectivity index (χ3n) is 3.65. The minimum absolute atomic E-state index is 0.372. The van der Waals surface area contributed by atoms with Crippen LogP contribution in [0.3, 0.4) is 0 Å². The molecule has 1 aromatic carbocycles. The standard InChI is InChI=1S/C16H25N3O2/c1-4-10-21-16(20)18-14-7-5-6-13-15(14)12(11-17-13)8-9-19(2)3/h5-7,12,17H,4,8-11H2,1-3H3,(H,18,20). The molecule has 5 heteroatoms. The van der Waals surface area contributed by atoms with Crippen molar-refractivity contribution in [1.29, 1.82) is 0 Å². The number of rotatable bonds is 6. The minimum atomic E-state index is -0.372. The fraction of sp³-hybridized carbons (Fsp3) is 0.562. The molecule has 1 amide bonds. The summed E-state index contributed by atoms with van der Waals surface area (Å²) in [7, 11) is 4.16. The average molecular weight is 291 g/mol. The molecule has 1 heterocycles. The van der Waals surface area contributed by atoms with E-state index in [0.29, 0.717) is 12.5 Å². The molecule has 0 saturated heterocycles. The van der Waals surface area contributed by atoms with Gasteiger partial charge in [-0.3, -0.25) is 5.32 Å². The Bertz CT molecular complexity index is 488. The summed E-state index contributed by atoms with van der Waals surface area (Å²) in [4.78, 5) is 14.0. The Balaban J connectivity index is 2.09. The van der Waals surface area contributed by atoms with Crippen molar-refractivity contribution in [3.63, 3.8) is 0 Å². The molecule has 0 spiro atoms. The van der Waals surface area contributed by atoms with Crippen LogP contribution in [0.1, 0.15) is 31.2 Å². The van der Waals surface area contributed by atoms with Crippen molar-refractivity contribution in [2.24, 2.45) is 0 Å². The van der Waals surface area contributed by atoms with E-state index in [1.165, 1.54) is 5.56 Å². The van der Waals surface area contributed by atoms with Crippen molar-refractivity contribution >= 4 is 17.5 Å². The molecular weight excluding hydrogens is 266 g/mol. The van der Waals surface area contributed by atoms with Crippen molar-refractivity contribution in [3.8, 4) is 0 Å². The van der Waals surface area contributed by atoms with E-state index in [4.69, 9.17) is 4.74 Å². The molecule has 1 aromatic rings. The molecular formula is C16H25N3O2. The predicted molar refractivity (Wildman–Crippen MR) is 86.1 cm³/mol. The number of hydrogen-bond acceptors (Lipinski definition) is 4. The van der Waals surface area contributed by atoms with Gasteiger partial charge in [-0.05, 0) is 45.6 Å². The van der Waals surface area contributed by atoms with Gasteiger partial charge in [-0.2, -0.15) is 0 Å².